The zero-order valence-electron chi connectivity index (χ0n) is 16.4. The zero-order chi connectivity index (χ0) is 21.3. The summed E-state index contributed by atoms with van der Waals surface area (Å²) in [6, 6.07) is 13.9. The van der Waals surface area contributed by atoms with Gasteiger partial charge in [0.15, 0.2) is 5.96 Å². The Labute approximate surface area is 167 Å². The summed E-state index contributed by atoms with van der Waals surface area (Å²) in [7, 11) is 2.63. The van der Waals surface area contributed by atoms with Crippen LogP contribution < -0.4 is 15.4 Å². The number of halogens is 3. The van der Waals surface area contributed by atoms with Crippen LogP contribution in [0.4, 0.5) is 13.2 Å². The lowest BCUT2D eigenvalue weighted by Crippen LogP contribution is -2.45. The number of nitrogens with zero attached hydrogens (tertiary/aromatic N) is 2. The van der Waals surface area contributed by atoms with E-state index < -0.39 is 18.6 Å². The average Bonchev–Trinajstić information content (AvgIpc) is 2.68. The number of aliphatic imine (C=N–C) groups is 1. The molecular formula is C20H25F3N4O2. The molecule has 0 aliphatic heterocycles. The third-order valence-corrected chi connectivity index (χ3v) is 4.08. The standard InChI is InChI=1S/C20H25F3N4O2/c1-24-19(26-13-18(28)27(2)14-20(21,22)23)25-10-5-11-29-17-9-8-15-6-3-4-7-16(15)12-17/h3-4,6-9,12H,5,10-11,13-14H2,1-2H3,(H2,24,25,26). The van der Waals surface area contributed by atoms with E-state index in [1.165, 1.54) is 7.05 Å². The maximum absolute atomic E-state index is 12.3. The monoisotopic (exact) mass is 410 g/mol. The SMILES string of the molecule is CN=C(NCCCOc1ccc2ccccc2c1)NCC(=O)N(C)CC(F)(F)F. The highest BCUT2D eigenvalue weighted by atomic mass is 19.4. The highest BCUT2D eigenvalue weighted by Crippen LogP contribution is 2.20. The molecule has 2 aromatic rings. The molecule has 0 unspecified atom stereocenters. The van der Waals surface area contributed by atoms with Gasteiger partial charge in [-0.05, 0) is 29.3 Å². The molecule has 0 aromatic heterocycles. The van der Waals surface area contributed by atoms with Crippen molar-refractivity contribution >= 4 is 22.6 Å². The van der Waals surface area contributed by atoms with Gasteiger partial charge in [-0.15, -0.1) is 0 Å². The highest BCUT2D eigenvalue weighted by molar-refractivity contribution is 5.86. The Kier molecular flexibility index (Phi) is 8.11. The molecule has 0 fully saturated rings. The van der Waals surface area contributed by atoms with Crippen molar-refractivity contribution in [1.29, 1.82) is 0 Å². The molecule has 1 amide bonds. The maximum Gasteiger partial charge on any atom is 0.406 e. The predicted octanol–water partition coefficient (Wildman–Crippen LogP) is 2.79. The molecule has 0 aliphatic rings. The quantitative estimate of drug-likeness (QED) is 0.399. The van der Waals surface area contributed by atoms with Gasteiger partial charge in [0.25, 0.3) is 0 Å². The van der Waals surface area contributed by atoms with Crippen LogP contribution in [0.25, 0.3) is 10.8 Å². The minimum Gasteiger partial charge on any atom is -0.494 e. The molecule has 0 aliphatic carbocycles. The van der Waals surface area contributed by atoms with E-state index in [-0.39, 0.29) is 6.54 Å². The number of hydrogen-bond donors (Lipinski definition) is 2. The Bertz CT molecular complexity index is 840. The molecule has 0 bridgehead atoms. The Morgan fingerprint density at radius 1 is 1.14 bits per heavy atom. The molecule has 2 rings (SSSR count). The molecule has 0 spiro atoms. The number of alkyl halides is 3. The molecular weight excluding hydrogens is 385 g/mol. The number of amides is 1. The molecule has 0 atom stereocenters. The van der Waals surface area contributed by atoms with Crippen LogP contribution in [0.15, 0.2) is 47.5 Å². The first-order valence-corrected chi connectivity index (χ1v) is 9.15. The van der Waals surface area contributed by atoms with Gasteiger partial charge in [-0.25, -0.2) is 0 Å². The Morgan fingerprint density at radius 2 is 1.86 bits per heavy atom. The summed E-state index contributed by atoms with van der Waals surface area (Å²) in [6.07, 6.45) is -3.75. The first-order valence-electron chi connectivity index (χ1n) is 9.15. The van der Waals surface area contributed by atoms with Gasteiger partial charge in [0.05, 0.1) is 13.2 Å². The van der Waals surface area contributed by atoms with Crippen LogP contribution in [-0.4, -0.2) is 63.3 Å². The van der Waals surface area contributed by atoms with Crippen molar-refractivity contribution in [2.45, 2.75) is 12.6 Å². The van der Waals surface area contributed by atoms with Crippen molar-refractivity contribution < 1.29 is 22.7 Å². The van der Waals surface area contributed by atoms with Crippen LogP contribution >= 0.6 is 0 Å². The second-order valence-electron chi connectivity index (χ2n) is 6.43. The largest absolute Gasteiger partial charge is 0.494 e. The van der Waals surface area contributed by atoms with Gasteiger partial charge in [-0.3, -0.25) is 9.79 Å². The van der Waals surface area contributed by atoms with Gasteiger partial charge in [0.1, 0.15) is 12.3 Å². The van der Waals surface area contributed by atoms with Crippen LogP contribution in [0, 0.1) is 0 Å². The lowest BCUT2D eigenvalue weighted by Gasteiger charge is -2.20. The van der Waals surface area contributed by atoms with E-state index >= 15 is 0 Å². The Morgan fingerprint density at radius 3 is 2.55 bits per heavy atom. The number of guanidine groups is 1. The summed E-state index contributed by atoms with van der Waals surface area (Å²) in [5, 5.41) is 7.95. The fourth-order valence-corrected chi connectivity index (χ4v) is 2.60. The number of likely N-dealkylation sites (N-methyl/N-ethyl adjacent to an activating group) is 1. The van der Waals surface area contributed by atoms with E-state index in [1.54, 1.807) is 0 Å². The normalized spacial score (nSPS) is 12.0. The van der Waals surface area contributed by atoms with Crippen LogP contribution in [0.2, 0.25) is 0 Å². The van der Waals surface area contributed by atoms with Crippen molar-refractivity contribution in [2.75, 3.05) is 40.3 Å². The topological polar surface area (TPSA) is 66.0 Å². The number of hydrogen-bond acceptors (Lipinski definition) is 3. The van der Waals surface area contributed by atoms with Gasteiger partial charge in [0, 0.05) is 20.6 Å². The number of benzene rings is 2. The van der Waals surface area contributed by atoms with Crippen molar-refractivity contribution in [3.8, 4) is 5.75 Å². The van der Waals surface area contributed by atoms with E-state index in [9.17, 15) is 18.0 Å². The second kappa shape index (κ2) is 10.5. The molecule has 0 saturated heterocycles. The Balaban J connectivity index is 1.67. The number of rotatable bonds is 8. The van der Waals surface area contributed by atoms with Crippen molar-refractivity contribution in [2.24, 2.45) is 4.99 Å². The van der Waals surface area contributed by atoms with Crippen LogP contribution in [0.5, 0.6) is 5.75 Å². The summed E-state index contributed by atoms with van der Waals surface area (Å²) in [4.78, 5) is 16.3. The summed E-state index contributed by atoms with van der Waals surface area (Å²) in [5.41, 5.74) is 0. The van der Waals surface area contributed by atoms with Crippen molar-refractivity contribution in [3.05, 3.63) is 42.5 Å². The fraction of sp³-hybridized carbons (Fsp3) is 0.400. The number of carbonyl (C=O) groups is 1. The zero-order valence-corrected chi connectivity index (χ0v) is 16.4. The van der Waals surface area contributed by atoms with Gasteiger partial charge in [-0.1, -0.05) is 30.3 Å². The van der Waals surface area contributed by atoms with E-state index in [0.717, 1.165) is 23.6 Å². The molecule has 0 heterocycles. The van der Waals surface area contributed by atoms with Gasteiger partial charge < -0.3 is 20.3 Å². The number of ether oxygens (including phenoxy) is 1. The molecule has 6 nitrogen and oxygen atoms in total. The van der Waals surface area contributed by atoms with Gasteiger partial charge in [-0.2, -0.15) is 13.2 Å². The van der Waals surface area contributed by atoms with E-state index in [1.807, 2.05) is 42.5 Å². The van der Waals surface area contributed by atoms with E-state index in [2.05, 4.69) is 15.6 Å². The molecule has 0 radical (unpaired) electrons. The molecule has 2 aromatic carbocycles. The smallest absolute Gasteiger partial charge is 0.406 e. The van der Waals surface area contributed by atoms with Gasteiger partial charge >= 0.3 is 6.18 Å². The van der Waals surface area contributed by atoms with Crippen LogP contribution in [-0.2, 0) is 4.79 Å². The molecule has 0 saturated carbocycles. The third-order valence-electron chi connectivity index (χ3n) is 4.08. The fourth-order valence-electron chi connectivity index (χ4n) is 2.60. The molecule has 9 heteroatoms. The molecule has 2 N–H and O–H groups in total. The lowest BCUT2D eigenvalue weighted by atomic mass is 10.1. The maximum atomic E-state index is 12.3. The number of carbonyl (C=O) groups excluding carboxylic acids is 1. The number of nitrogens with one attached hydrogen (secondary N) is 2. The van der Waals surface area contributed by atoms with Crippen molar-refractivity contribution in [1.82, 2.24) is 15.5 Å². The third kappa shape index (κ3) is 7.89. The molecule has 29 heavy (non-hydrogen) atoms. The van der Waals surface area contributed by atoms with E-state index in [4.69, 9.17) is 4.74 Å². The van der Waals surface area contributed by atoms with Gasteiger partial charge in [0.2, 0.25) is 5.91 Å². The predicted molar refractivity (Wildman–Crippen MR) is 107 cm³/mol. The Hall–Kier alpha value is -2.97. The van der Waals surface area contributed by atoms with Crippen LogP contribution in [0.1, 0.15) is 6.42 Å². The number of fused-ring (bicyclic) bond motifs is 1. The summed E-state index contributed by atoms with van der Waals surface area (Å²) in [5.74, 6) is 0.443. The first kappa shape index (κ1) is 22.3. The minimum absolute atomic E-state index is 0.278. The summed E-state index contributed by atoms with van der Waals surface area (Å²) in [6.45, 7) is -0.555. The second-order valence-corrected chi connectivity index (χ2v) is 6.43. The molecule has 158 valence electrons. The summed E-state index contributed by atoms with van der Waals surface area (Å²) >= 11 is 0. The minimum atomic E-state index is -4.42. The highest BCUT2D eigenvalue weighted by Gasteiger charge is 2.31. The van der Waals surface area contributed by atoms with Crippen LogP contribution in [0.3, 0.4) is 0 Å². The first-order chi connectivity index (χ1) is 13.8. The van der Waals surface area contributed by atoms with E-state index in [0.29, 0.717) is 30.4 Å². The summed E-state index contributed by atoms with van der Waals surface area (Å²) < 4.78 is 42.7. The lowest BCUT2D eigenvalue weighted by molar-refractivity contribution is -0.157. The average molecular weight is 410 g/mol. The van der Waals surface area contributed by atoms with Crippen molar-refractivity contribution in [3.63, 3.8) is 0 Å².